The van der Waals surface area contributed by atoms with Gasteiger partial charge in [-0.3, -0.25) is 4.90 Å². The number of likely N-dealkylation sites (N-methyl/N-ethyl adjacent to an activating group) is 1. The molecule has 1 unspecified atom stereocenters. The fraction of sp³-hybridized carbons (Fsp3) is 0.538. The van der Waals surface area contributed by atoms with Crippen LogP contribution in [0.1, 0.15) is 12.5 Å². The fourth-order valence-corrected chi connectivity index (χ4v) is 2.78. The maximum atomic E-state index is 9.94. The van der Waals surface area contributed by atoms with Crippen LogP contribution in [0.25, 0.3) is 0 Å². The van der Waals surface area contributed by atoms with Crippen molar-refractivity contribution in [3.8, 4) is 5.75 Å². The highest BCUT2D eigenvalue weighted by atomic mass is 35.5. The zero-order valence-electron chi connectivity index (χ0n) is 10.7. The first-order valence-corrected chi connectivity index (χ1v) is 6.82. The highest BCUT2D eigenvalue weighted by molar-refractivity contribution is 6.35. The molecule has 1 aromatic carbocycles. The van der Waals surface area contributed by atoms with Gasteiger partial charge >= 0.3 is 0 Å². The van der Waals surface area contributed by atoms with Crippen LogP contribution in [-0.4, -0.2) is 47.6 Å². The van der Waals surface area contributed by atoms with E-state index >= 15 is 0 Å². The van der Waals surface area contributed by atoms with Gasteiger partial charge in [0.1, 0.15) is 5.75 Å². The van der Waals surface area contributed by atoms with Gasteiger partial charge in [0.2, 0.25) is 0 Å². The molecule has 1 heterocycles. The molecule has 1 fully saturated rings. The molecule has 1 atom stereocenters. The van der Waals surface area contributed by atoms with Crippen LogP contribution in [0, 0.1) is 0 Å². The maximum Gasteiger partial charge on any atom is 0.138 e. The third-order valence-electron chi connectivity index (χ3n) is 3.54. The number of aromatic hydroxyl groups is 1. The molecule has 1 aliphatic rings. The molecule has 0 saturated carbocycles. The first-order chi connectivity index (χ1) is 8.47. The van der Waals surface area contributed by atoms with Crippen LogP contribution in [0.5, 0.6) is 5.75 Å². The average Bonchev–Trinajstić information content (AvgIpc) is 2.30. The van der Waals surface area contributed by atoms with E-state index in [2.05, 4.69) is 23.8 Å². The number of hydrogen-bond donors (Lipinski definition) is 1. The van der Waals surface area contributed by atoms with Gasteiger partial charge in [-0.15, -0.1) is 0 Å². The molecular weight excluding hydrogens is 271 g/mol. The van der Waals surface area contributed by atoms with E-state index in [1.165, 1.54) is 0 Å². The van der Waals surface area contributed by atoms with Gasteiger partial charge in [-0.2, -0.15) is 0 Å². The summed E-state index contributed by atoms with van der Waals surface area (Å²) in [6.45, 7) is 5.90. The summed E-state index contributed by atoms with van der Waals surface area (Å²) in [5.41, 5.74) is 0.796. The molecule has 1 aromatic rings. The molecule has 1 aliphatic heterocycles. The van der Waals surface area contributed by atoms with Crippen molar-refractivity contribution in [2.75, 3.05) is 26.7 Å². The Morgan fingerprint density at radius 2 is 2.06 bits per heavy atom. The van der Waals surface area contributed by atoms with Crippen molar-refractivity contribution in [1.82, 2.24) is 9.80 Å². The number of benzene rings is 1. The molecule has 0 radical (unpaired) electrons. The van der Waals surface area contributed by atoms with Crippen molar-refractivity contribution in [3.05, 3.63) is 27.7 Å². The second-order valence-electron chi connectivity index (χ2n) is 4.96. The Morgan fingerprint density at radius 1 is 1.33 bits per heavy atom. The number of halogens is 2. The monoisotopic (exact) mass is 288 g/mol. The Balaban J connectivity index is 2.10. The first-order valence-electron chi connectivity index (χ1n) is 6.07. The maximum absolute atomic E-state index is 9.94. The number of nitrogens with zero attached hydrogens (tertiary/aromatic N) is 2. The fourth-order valence-electron chi connectivity index (χ4n) is 2.25. The SMILES string of the molecule is CC1CN(Cc2cc(Cl)cc(Cl)c2O)CCN1C. The molecule has 0 spiro atoms. The van der Waals surface area contributed by atoms with Crippen molar-refractivity contribution in [2.45, 2.75) is 19.5 Å². The molecule has 0 aliphatic carbocycles. The van der Waals surface area contributed by atoms with Gasteiger partial charge < -0.3 is 10.0 Å². The normalized spacial score (nSPS) is 22.3. The largest absolute Gasteiger partial charge is 0.506 e. The summed E-state index contributed by atoms with van der Waals surface area (Å²) in [6, 6.07) is 3.87. The average molecular weight is 289 g/mol. The Morgan fingerprint density at radius 3 is 2.72 bits per heavy atom. The molecular formula is C13H18Cl2N2O. The lowest BCUT2D eigenvalue weighted by Crippen LogP contribution is -2.49. The highest BCUT2D eigenvalue weighted by Crippen LogP contribution is 2.32. The summed E-state index contributed by atoms with van der Waals surface area (Å²) < 4.78 is 0. The number of piperazine rings is 1. The Labute approximate surface area is 118 Å². The topological polar surface area (TPSA) is 26.7 Å². The Hall–Kier alpha value is -0.480. The van der Waals surface area contributed by atoms with E-state index in [0.29, 0.717) is 22.6 Å². The van der Waals surface area contributed by atoms with Crippen molar-refractivity contribution in [1.29, 1.82) is 0 Å². The summed E-state index contributed by atoms with van der Waals surface area (Å²) in [6.07, 6.45) is 0. The van der Waals surface area contributed by atoms with E-state index in [1.807, 2.05) is 0 Å². The predicted molar refractivity (Wildman–Crippen MR) is 75.5 cm³/mol. The van der Waals surface area contributed by atoms with Gasteiger partial charge in [-0.1, -0.05) is 23.2 Å². The lowest BCUT2D eigenvalue weighted by atomic mass is 10.1. The molecule has 0 aromatic heterocycles. The van der Waals surface area contributed by atoms with Gasteiger partial charge in [-0.25, -0.2) is 0 Å². The van der Waals surface area contributed by atoms with Crippen LogP contribution < -0.4 is 0 Å². The van der Waals surface area contributed by atoms with Crippen LogP contribution in [0.15, 0.2) is 12.1 Å². The van der Waals surface area contributed by atoms with Crippen molar-refractivity contribution in [3.63, 3.8) is 0 Å². The summed E-state index contributed by atoms with van der Waals surface area (Å²) in [4.78, 5) is 4.65. The third-order valence-corrected chi connectivity index (χ3v) is 4.05. The summed E-state index contributed by atoms with van der Waals surface area (Å²) in [7, 11) is 2.13. The summed E-state index contributed by atoms with van der Waals surface area (Å²) in [5.74, 6) is 0.146. The number of rotatable bonds is 2. The first kappa shape index (κ1) is 13.9. The smallest absolute Gasteiger partial charge is 0.138 e. The quantitative estimate of drug-likeness (QED) is 0.907. The van der Waals surface area contributed by atoms with E-state index < -0.39 is 0 Å². The van der Waals surface area contributed by atoms with E-state index in [9.17, 15) is 5.11 Å². The highest BCUT2D eigenvalue weighted by Gasteiger charge is 2.21. The standard InChI is InChI=1S/C13H18Cl2N2O/c1-9-7-17(4-3-16(9)2)8-10-5-11(14)6-12(15)13(10)18/h5-6,9,18H,3-4,7-8H2,1-2H3. The minimum absolute atomic E-state index is 0.146. The number of hydrogen-bond acceptors (Lipinski definition) is 3. The zero-order chi connectivity index (χ0) is 13.3. The van der Waals surface area contributed by atoms with E-state index in [1.54, 1.807) is 12.1 Å². The van der Waals surface area contributed by atoms with Gasteiger partial charge in [-0.05, 0) is 26.1 Å². The summed E-state index contributed by atoms with van der Waals surface area (Å²) >= 11 is 11.9. The van der Waals surface area contributed by atoms with E-state index in [-0.39, 0.29) is 5.75 Å². The molecule has 100 valence electrons. The number of phenolic OH excluding ortho intramolecular Hbond substituents is 1. The molecule has 1 N–H and O–H groups in total. The minimum Gasteiger partial charge on any atom is -0.506 e. The molecule has 1 saturated heterocycles. The van der Waals surface area contributed by atoms with Crippen LogP contribution in [-0.2, 0) is 6.54 Å². The lowest BCUT2D eigenvalue weighted by molar-refractivity contribution is 0.0994. The lowest BCUT2D eigenvalue weighted by Gasteiger charge is -2.37. The van der Waals surface area contributed by atoms with Crippen molar-refractivity contribution in [2.24, 2.45) is 0 Å². The molecule has 3 nitrogen and oxygen atoms in total. The minimum atomic E-state index is 0.146. The van der Waals surface area contributed by atoms with E-state index in [4.69, 9.17) is 23.2 Å². The molecule has 0 bridgehead atoms. The summed E-state index contributed by atoms with van der Waals surface area (Å²) in [5, 5.41) is 10.8. The second-order valence-corrected chi connectivity index (χ2v) is 5.80. The van der Waals surface area contributed by atoms with Crippen molar-refractivity contribution < 1.29 is 5.11 Å². The second kappa shape index (κ2) is 5.66. The number of phenols is 1. The molecule has 0 amide bonds. The van der Waals surface area contributed by atoms with Crippen molar-refractivity contribution >= 4 is 23.2 Å². The van der Waals surface area contributed by atoms with Crippen LogP contribution >= 0.6 is 23.2 Å². The molecule has 18 heavy (non-hydrogen) atoms. The van der Waals surface area contributed by atoms with Gasteiger partial charge in [0, 0.05) is 42.8 Å². The Bertz CT molecular complexity index is 439. The van der Waals surface area contributed by atoms with Gasteiger partial charge in [0.05, 0.1) is 5.02 Å². The third kappa shape index (κ3) is 3.09. The van der Waals surface area contributed by atoms with Gasteiger partial charge in [0.25, 0.3) is 0 Å². The van der Waals surface area contributed by atoms with Crippen LogP contribution in [0.4, 0.5) is 0 Å². The predicted octanol–water partition coefficient (Wildman–Crippen LogP) is 2.83. The molecule has 2 rings (SSSR count). The molecule has 5 heteroatoms. The van der Waals surface area contributed by atoms with Crippen LogP contribution in [0.2, 0.25) is 10.0 Å². The zero-order valence-corrected chi connectivity index (χ0v) is 12.2. The van der Waals surface area contributed by atoms with E-state index in [0.717, 1.165) is 25.2 Å². The van der Waals surface area contributed by atoms with Gasteiger partial charge in [0.15, 0.2) is 0 Å². The van der Waals surface area contributed by atoms with Crippen LogP contribution in [0.3, 0.4) is 0 Å². The Kier molecular flexibility index (Phi) is 4.38.